The fourth-order valence-electron chi connectivity index (χ4n) is 1.93. The lowest BCUT2D eigenvalue weighted by Crippen LogP contribution is -2.31. The van der Waals surface area contributed by atoms with Crippen molar-refractivity contribution < 1.29 is 8.42 Å². The number of thioether (sulfide) groups is 1. The number of H-pyrrole nitrogens is 1. The Morgan fingerprint density at radius 2 is 2.44 bits per heavy atom. The second-order valence-electron chi connectivity index (χ2n) is 4.24. The molecule has 2 heterocycles. The van der Waals surface area contributed by atoms with Crippen LogP contribution in [0.5, 0.6) is 0 Å². The van der Waals surface area contributed by atoms with Crippen LogP contribution >= 0.6 is 11.8 Å². The number of aromatic amines is 1. The molecule has 1 aromatic rings. The molecule has 0 aliphatic carbocycles. The van der Waals surface area contributed by atoms with Crippen molar-refractivity contribution in [3.8, 4) is 0 Å². The van der Waals surface area contributed by atoms with E-state index in [-0.39, 0.29) is 5.03 Å². The Hall–Kier alpha value is -0.570. The minimum atomic E-state index is -3.48. The van der Waals surface area contributed by atoms with Crippen molar-refractivity contribution in [3.05, 3.63) is 11.8 Å². The van der Waals surface area contributed by atoms with Crippen LogP contribution in [0, 0.1) is 0 Å². The van der Waals surface area contributed by atoms with Crippen molar-refractivity contribution in [2.45, 2.75) is 29.7 Å². The van der Waals surface area contributed by atoms with Gasteiger partial charge in [0.15, 0.2) is 5.03 Å². The molecule has 6 nitrogen and oxygen atoms in total. The van der Waals surface area contributed by atoms with E-state index in [0.717, 1.165) is 12.2 Å². The molecular weight excluding hydrogens is 272 g/mol. The van der Waals surface area contributed by atoms with Crippen LogP contribution in [-0.2, 0) is 16.6 Å². The van der Waals surface area contributed by atoms with Crippen LogP contribution in [0.1, 0.15) is 18.4 Å². The van der Waals surface area contributed by atoms with Crippen molar-refractivity contribution in [2.75, 3.05) is 19.3 Å². The molecule has 0 saturated carbocycles. The summed E-state index contributed by atoms with van der Waals surface area (Å²) < 4.78 is 26.9. The molecule has 1 aromatic heterocycles. The smallest absolute Gasteiger partial charge is 0.257 e. The Morgan fingerprint density at radius 1 is 1.61 bits per heavy atom. The molecule has 1 aliphatic heterocycles. The first-order valence-corrected chi connectivity index (χ1v) is 8.45. The molecule has 1 fully saturated rings. The summed E-state index contributed by atoms with van der Waals surface area (Å²) >= 11 is 1.83. The number of hydrogen-bond donors (Lipinski definition) is 3. The van der Waals surface area contributed by atoms with Crippen LogP contribution in [0.3, 0.4) is 0 Å². The highest BCUT2D eigenvalue weighted by atomic mass is 32.2. The zero-order valence-electron chi connectivity index (χ0n) is 10.3. The van der Waals surface area contributed by atoms with Crippen LogP contribution in [-0.4, -0.2) is 43.2 Å². The maximum Gasteiger partial charge on any atom is 0.257 e. The van der Waals surface area contributed by atoms with Crippen LogP contribution < -0.4 is 10.0 Å². The van der Waals surface area contributed by atoms with Gasteiger partial charge in [-0.2, -0.15) is 16.9 Å². The molecule has 0 aromatic carbocycles. The minimum Gasteiger partial charge on any atom is -0.316 e. The first-order chi connectivity index (χ1) is 8.63. The summed E-state index contributed by atoms with van der Waals surface area (Å²) in [5.41, 5.74) is 0.657. The predicted octanol–water partition coefficient (Wildman–Crippen LogP) is 0.303. The van der Waals surface area contributed by atoms with E-state index < -0.39 is 10.0 Å². The van der Waals surface area contributed by atoms with Gasteiger partial charge in [0.05, 0.1) is 6.20 Å². The first-order valence-electron chi connectivity index (χ1n) is 5.91. The molecule has 1 unspecified atom stereocenters. The van der Waals surface area contributed by atoms with Gasteiger partial charge in [-0.15, -0.1) is 0 Å². The number of hydrogen-bond acceptors (Lipinski definition) is 5. The Labute approximate surface area is 111 Å². The van der Waals surface area contributed by atoms with Gasteiger partial charge in [0.2, 0.25) is 0 Å². The van der Waals surface area contributed by atoms with Crippen molar-refractivity contribution in [1.29, 1.82) is 0 Å². The highest BCUT2D eigenvalue weighted by molar-refractivity contribution is 8.00. The van der Waals surface area contributed by atoms with Gasteiger partial charge in [-0.3, -0.25) is 5.10 Å². The molecule has 2 rings (SSSR count). The molecule has 0 amide bonds. The lowest BCUT2D eigenvalue weighted by atomic mass is 10.2. The van der Waals surface area contributed by atoms with Gasteiger partial charge in [-0.05, 0) is 25.6 Å². The third kappa shape index (κ3) is 3.25. The number of sulfonamides is 1. The number of aromatic nitrogens is 2. The Balaban J connectivity index is 2.02. The molecule has 0 bridgehead atoms. The molecule has 102 valence electrons. The number of nitrogens with zero attached hydrogens (tertiary/aromatic N) is 1. The van der Waals surface area contributed by atoms with Crippen molar-refractivity contribution in [2.24, 2.45) is 0 Å². The summed E-state index contributed by atoms with van der Waals surface area (Å²) in [5.74, 6) is 1.13. The summed E-state index contributed by atoms with van der Waals surface area (Å²) in [7, 11) is -1.71. The number of rotatable bonds is 6. The van der Waals surface area contributed by atoms with Gasteiger partial charge in [-0.1, -0.05) is 0 Å². The Bertz CT molecular complexity index is 480. The quantitative estimate of drug-likeness (QED) is 0.701. The summed E-state index contributed by atoms with van der Waals surface area (Å²) in [5, 5.41) is 9.84. The number of nitrogens with one attached hydrogen (secondary N) is 3. The predicted molar refractivity (Wildman–Crippen MR) is 72.0 cm³/mol. The third-order valence-electron chi connectivity index (χ3n) is 2.84. The maximum atomic E-state index is 12.1. The Morgan fingerprint density at radius 3 is 3.11 bits per heavy atom. The van der Waals surface area contributed by atoms with E-state index in [4.69, 9.17) is 0 Å². The second kappa shape index (κ2) is 6.05. The molecule has 0 radical (unpaired) electrons. The highest BCUT2D eigenvalue weighted by Crippen LogP contribution is 2.25. The molecule has 0 spiro atoms. The summed E-state index contributed by atoms with van der Waals surface area (Å²) in [6, 6.07) is 0. The van der Waals surface area contributed by atoms with Crippen molar-refractivity contribution >= 4 is 21.8 Å². The van der Waals surface area contributed by atoms with Gasteiger partial charge >= 0.3 is 0 Å². The van der Waals surface area contributed by atoms with E-state index >= 15 is 0 Å². The molecule has 18 heavy (non-hydrogen) atoms. The molecule has 1 saturated heterocycles. The minimum absolute atomic E-state index is 0.167. The second-order valence-corrected chi connectivity index (χ2v) is 7.35. The average Bonchev–Trinajstić information content (AvgIpc) is 2.97. The van der Waals surface area contributed by atoms with E-state index in [1.807, 2.05) is 11.8 Å². The fraction of sp³-hybridized carbons (Fsp3) is 0.700. The summed E-state index contributed by atoms with van der Waals surface area (Å²) in [4.78, 5) is 0. The molecule has 3 N–H and O–H groups in total. The lowest BCUT2D eigenvalue weighted by molar-refractivity contribution is 0.572. The van der Waals surface area contributed by atoms with Gasteiger partial charge in [-0.25, -0.2) is 13.1 Å². The zero-order chi connectivity index (χ0) is 13.0. The van der Waals surface area contributed by atoms with E-state index in [0.29, 0.717) is 23.9 Å². The van der Waals surface area contributed by atoms with Gasteiger partial charge in [0.25, 0.3) is 10.0 Å². The molecule has 1 aliphatic rings. The molecule has 1 atom stereocenters. The van der Waals surface area contributed by atoms with E-state index in [1.165, 1.54) is 12.6 Å². The zero-order valence-corrected chi connectivity index (χ0v) is 11.9. The van der Waals surface area contributed by atoms with Gasteiger partial charge < -0.3 is 5.32 Å². The topological polar surface area (TPSA) is 86.9 Å². The highest BCUT2D eigenvalue weighted by Gasteiger charge is 2.23. The van der Waals surface area contributed by atoms with Crippen molar-refractivity contribution in [3.63, 3.8) is 0 Å². The Kier molecular flexibility index (Phi) is 4.66. The SMILES string of the molecule is CNCc1cn[nH]c1S(=O)(=O)NCC1CCCS1. The van der Waals surface area contributed by atoms with Crippen LogP contribution in [0.2, 0.25) is 0 Å². The van der Waals surface area contributed by atoms with E-state index in [9.17, 15) is 8.42 Å². The molecular formula is C10H18N4O2S2. The first kappa shape index (κ1) is 13.9. The summed E-state index contributed by atoms with van der Waals surface area (Å²) in [6.45, 7) is 0.968. The van der Waals surface area contributed by atoms with E-state index in [1.54, 1.807) is 7.05 Å². The largest absolute Gasteiger partial charge is 0.316 e. The maximum absolute atomic E-state index is 12.1. The monoisotopic (exact) mass is 290 g/mol. The van der Waals surface area contributed by atoms with Crippen LogP contribution in [0.4, 0.5) is 0 Å². The average molecular weight is 290 g/mol. The molecule has 8 heteroatoms. The van der Waals surface area contributed by atoms with Gasteiger partial charge in [0, 0.05) is 23.9 Å². The lowest BCUT2D eigenvalue weighted by Gasteiger charge is -2.10. The normalized spacial score (nSPS) is 20.4. The van der Waals surface area contributed by atoms with Crippen LogP contribution in [0.25, 0.3) is 0 Å². The fourth-order valence-corrected chi connectivity index (χ4v) is 4.44. The third-order valence-corrected chi connectivity index (χ3v) is 5.67. The standard InChI is InChI=1S/C10H18N4O2S2/c1-11-5-8-6-12-14-10(8)18(15,16)13-7-9-3-2-4-17-9/h6,9,11,13H,2-5,7H2,1H3,(H,12,14). The summed E-state index contributed by atoms with van der Waals surface area (Å²) in [6.07, 6.45) is 3.79. The van der Waals surface area contributed by atoms with Crippen molar-refractivity contribution in [1.82, 2.24) is 20.2 Å². The van der Waals surface area contributed by atoms with Gasteiger partial charge in [0.1, 0.15) is 0 Å². The van der Waals surface area contributed by atoms with Crippen LogP contribution in [0.15, 0.2) is 11.2 Å². The van der Waals surface area contributed by atoms with E-state index in [2.05, 4.69) is 20.2 Å².